The van der Waals surface area contributed by atoms with Crippen molar-refractivity contribution in [2.45, 2.75) is 111 Å². The standard InChI is InChI=1S/C31H45NO4.C2HF3O2/c1-22(2)26-17-15-24(5)28(20-26)35-30(33)14-12-10-8-7-9-11-13-19-32-31(34)36-29-21-27(23(3)4)18-16-25(29)6;3-2(4,5)1(6)7/h15-18,20-23H,7-14,19H2,1-6H3,(H,32,34);(H,6,7). The second kappa shape index (κ2) is 18.9. The van der Waals surface area contributed by atoms with E-state index in [0.29, 0.717) is 36.3 Å². The molecule has 43 heavy (non-hydrogen) atoms. The summed E-state index contributed by atoms with van der Waals surface area (Å²) in [6, 6.07) is 12.1. The minimum Gasteiger partial charge on any atom is -0.475 e. The van der Waals surface area contributed by atoms with Crippen molar-refractivity contribution in [2.24, 2.45) is 0 Å². The minimum absolute atomic E-state index is 0.150. The van der Waals surface area contributed by atoms with E-state index in [2.05, 4.69) is 45.1 Å². The first-order chi connectivity index (χ1) is 20.1. The van der Waals surface area contributed by atoms with E-state index in [-0.39, 0.29) is 5.97 Å². The van der Waals surface area contributed by atoms with Crippen LogP contribution in [0.5, 0.6) is 11.5 Å². The van der Waals surface area contributed by atoms with Crippen molar-refractivity contribution >= 4 is 18.0 Å². The topological polar surface area (TPSA) is 102 Å². The highest BCUT2D eigenvalue weighted by Gasteiger charge is 2.38. The number of alkyl halides is 3. The first-order valence-electron chi connectivity index (χ1n) is 14.8. The third-order valence-electron chi connectivity index (χ3n) is 6.75. The molecule has 0 radical (unpaired) electrons. The molecular weight excluding hydrogens is 563 g/mol. The van der Waals surface area contributed by atoms with Crippen molar-refractivity contribution in [3.8, 4) is 11.5 Å². The van der Waals surface area contributed by atoms with Gasteiger partial charge in [-0.05, 0) is 72.9 Å². The quantitative estimate of drug-likeness (QED) is 0.126. The third kappa shape index (κ3) is 15.5. The number of aryl methyl sites for hydroxylation is 2. The molecular formula is C33H46F3NO6. The highest BCUT2D eigenvalue weighted by molar-refractivity contribution is 5.73. The second-order valence-electron chi connectivity index (χ2n) is 11.2. The van der Waals surface area contributed by atoms with Crippen LogP contribution in [0.15, 0.2) is 36.4 Å². The summed E-state index contributed by atoms with van der Waals surface area (Å²) >= 11 is 0. The van der Waals surface area contributed by atoms with E-state index in [4.69, 9.17) is 19.4 Å². The lowest BCUT2D eigenvalue weighted by Crippen LogP contribution is -2.28. The molecule has 7 nitrogen and oxygen atoms in total. The van der Waals surface area contributed by atoms with Gasteiger partial charge in [-0.15, -0.1) is 0 Å². The molecule has 0 saturated heterocycles. The highest BCUT2D eigenvalue weighted by atomic mass is 19.4. The molecule has 10 heteroatoms. The van der Waals surface area contributed by atoms with Crippen LogP contribution in [0.4, 0.5) is 18.0 Å². The summed E-state index contributed by atoms with van der Waals surface area (Å²) in [6.07, 6.45) is 2.22. The number of carbonyl (C=O) groups excluding carboxylic acids is 2. The van der Waals surface area contributed by atoms with Gasteiger partial charge >= 0.3 is 24.2 Å². The monoisotopic (exact) mass is 609 g/mol. The Morgan fingerprint density at radius 2 is 1.16 bits per heavy atom. The Labute approximate surface area is 253 Å². The van der Waals surface area contributed by atoms with Crippen molar-refractivity contribution in [1.29, 1.82) is 0 Å². The fourth-order valence-corrected chi connectivity index (χ4v) is 3.95. The molecule has 0 aliphatic carbocycles. The normalized spacial score (nSPS) is 11.1. The molecule has 0 saturated carbocycles. The molecule has 2 aromatic rings. The van der Waals surface area contributed by atoms with E-state index >= 15 is 0 Å². The fraction of sp³-hybridized carbons (Fsp3) is 0.545. The Hall–Kier alpha value is -3.56. The molecule has 240 valence electrons. The number of halogens is 3. The van der Waals surface area contributed by atoms with Gasteiger partial charge in [0, 0.05) is 13.0 Å². The summed E-state index contributed by atoms with van der Waals surface area (Å²) in [4.78, 5) is 33.2. The van der Waals surface area contributed by atoms with Crippen LogP contribution in [0.2, 0.25) is 0 Å². The summed E-state index contributed by atoms with van der Waals surface area (Å²) in [5, 5.41) is 9.98. The number of esters is 1. The maximum Gasteiger partial charge on any atom is 0.490 e. The molecule has 0 bridgehead atoms. The average Bonchev–Trinajstić information content (AvgIpc) is 2.91. The summed E-state index contributed by atoms with van der Waals surface area (Å²) in [5.41, 5.74) is 4.29. The fourth-order valence-electron chi connectivity index (χ4n) is 3.95. The van der Waals surface area contributed by atoms with Crippen molar-refractivity contribution in [3.63, 3.8) is 0 Å². The van der Waals surface area contributed by atoms with E-state index in [1.165, 1.54) is 5.56 Å². The lowest BCUT2D eigenvalue weighted by molar-refractivity contribution is -0.192. The molecule has 0 aromatic heterocycles. The lowest BCUT2D eigenvalue weighted by atomic mass is 10.0. The van der Waals surface area contributed by atoms with E-state index in [1.807, 2.05) is 38.1 Å². The van der Waals surface area contributed by atoms with Gasteiger partial charge in [-0.3, -0.25) is 4.79 Å². The number of amides is 1. The van der Waals surface area contributed by atoms with Crippen LogP contribution < -0.4 is 14.8 Å². The number of nitrogens with one attached hydrogen (secondary N) is 1. The lowest BCUT2D eigenvalue weighted by Gasteiger charge is -2.12. The first kappa shape index (κ1) is 37.5. The van der Waals surface area contributed by atoms with Crippen LogP contribution in [0.25, 0.3) is 0 Å². The molecule has 1 amide bonds. The summed E-state index contributed by atoms with van der Waals surface area (Å²) < 4.78 is 42.8. The molecule has 0 fully saturated rings. The molecule has 0 aliphatic rings. The SMILES string of the molecule is Cc1ccc(C(C)C)cc1OC(=O)CCCCCCCCCNC(=O)Oc1cc(C(C)C)ccc1C.O=C(O)C(F)(F)F. The third-order valence-corrected chi connectivity index (χ3v) is 6.75. The van der Waals surface area contributed by atoms with Gasteiger partial charge in [-0.25, -0.2) is 9.59 Å². The average molecular weight is 610 g/mol. The van der Waals surface area contributed by atoms with Crippen LogP contribution in [-0.4, -0.2) is 35.9 Å². The number of rotatable bonds is 14. The highest BCUT2D eigenvalue weighted by Crippen LogP contribution is 2.26. The number of hydrogen-bond acceptors (Lipinski definition) is 5. The zero-order valence-electron chi connectivity index (χ0n) is 26.1. The van der Waals surface area contributed by atoms with Crippen LogP contribution in [0.3, 0.4) is 0 Å². The predicted molar refractivity (Wildman–Crippen MR) is 161 cm³/mol. The first-order valence-corrected chi connectivity index (χ1v) is 14.8. The van der Waals surface area contributed by atoms with Crippen LogP contribution in [0.1, 0.15) is 113 Å². The summed E-state index contributed by atoms with van der Waals surface area (Å²) in [6.45, 7) is 13.0. The Balaban J connectivity index is 0.00000117. The van der Waals surface area contributed by atoms with E-state index < -0.39 is 18.2 Å². The van der Waals surface area contributed by atoms with Crippen molar-refractivity contribution in [1.82, 2.24) is 5.32 Å². The van der Waals surface area contributed by atoms with Crippen LogP contribution in [-0.2, 0) is 9.59 Å². The number of carboxylic acid groups (broad SMARTS) is 1. The van der Waals surface area contributed by atoms with Gasteiger partial charge in [-0.1, -0.05) is 84.1 Å². The number of unbranched alkanes of at least 4 members (excludes halogenated alkanes) is 6. The van der Waals surface area contributed by atoms with Gasteiger partial charge in [0.05, 0.1) is 0 Å². The van der Waals surface area contributed by atoms with Crippen LogP contribution >= 0.6 is 0 Å². The molecule has 0 unspecified atom stereocenters. The predicted octanol–water partition coefficient (Wildman–Crippen LogP) is 9.00. The largest absolute Gasteiger partial charge is 0.490 e. The number of aliphatic carboxylic acids is 1. The Bertz CT molecular complexity index is 1100. The number of carbonyl (C=O) groups is 3. The number of carboxylic acids is 1. The Kier molecular flexibility index (Phi) is 16.4. The van der Waals surface area contributed by atoms with Crippen molar-refractivity contribution in [3.05, 3.63) is 58.7 Å². The smallest absolute Gasteiger partial charge is 0.475 e. The number of hydrogen-bond donors (Lipinski definition) is 2. The molecule has 0 heterocycles. The Morgan fingerprint density at radius 1 is 0.744 bits per heavy atom. The van der Waals surface area contributed by atoms with Gasteiger partial charge in [0.25, 0.3) is 0 Å². The Morgan fingerprint density at radius 3 is 1.60 bits per heavy atom. The number of benzene rings is 2. The van der Waals surface area contributed by atoms with Gasteiger partial charge in [0.1, 0.15) is 11.5 Å². The molecule has 2 rings (SSSR count). The van der Waals surface area contributed by atoms with E-state index in [9.17, 15) is 22.8 Å². The molecule has 2 aromatic carbocycles. The van der Waals surface area contributed by atoms with Gasteiger partial charge in [-0.2, -0.15) is 13.2 Å². The molecule has 0 spiro atoms. The molecule has 2 N–H and O–H groups in total. The van der Waals surface area contributed by atoms with Crippen molar-refractivity contribution < 1.29 is 42.1 Å². The van der Waals surface area contributed by atoms with E-state index in [0.717, 1.165) is 61.6 Å². The number of ether oxygens (including phenoxy) is 2. The zero-order valence-corrected chi connectivity index (χ0v) is 26.1. The van der Waals surface area contributed by atoms with Gasteiger partial charge in [0.15, 0.2) is 0 Å². The van der Waals surface area contributed by atoms with E-state index in [1.54, 1.807) is 0 Å². The van der Waals surface area contributed by atoms with Gasteiger partial charge < -0.3 is 19.9 Å². The zero-order chi connectivity index (χ0) is 32.6. The molecule has 0 aliphatic heterocycles. The van der Waals surface area contributed by atoms with Gasteiger partial charge in [0.2, 0.25) is 0 Å². The minimum atomic E-state index is -5.08. The second-order valence-corrected chi connectivity index (χ2v) is 11.2. The summed E-state index contributed by atoms with van der Waals surface area (Å²) in [7, 11) is 0. The molecule has 0 atom stereocenters. The maximum atomic E-state index is 12.2. The summed E-state index contributed by atoms with van der Waals surface area (Å²) in [5.74, 6) is -0.800. The van der Waals surface area contributed by atoms with Crippen molar-refractivity contribution in [2.75, 3.05) is 6.54 Å². The van der Waals surface area contributed by atoms with Crippen LogP contribution in [0, 0.1) is 13.8 Å². The maximum absolute atomic E-state index is 12.2.